The van der Waals surface area contributed by atoms with E-state index in [1.807, 2.05) is 0 Å². The molecule has 2 atom stereocenters. The minimum absolute atomic E-state index is 0.0969. The third kappa shape index (κ3) is 5.33. The smallest absolute Gasteiger partial charge is 0.243 e. The lowest BCUT2D eigenvalue weighted by Crippen LogP contribution is -2.33. The van der Waals surface area contributed by atoms with Gasteiger partial charge in [-0.1, -0.05) is 17.7 Å². The second kappa shape index (κ2) is 11.1. The molecular formula is C23H24ClN7O5S. The molecule has 0 amide bonds. The minimum Gasteiger partial charge on any atom is -0.494 e. The summed E-state index contributed by atoms with van der Waals surface area (Å²) in [6, 6.07) is 8.68. The lowest BCUT2D eigenvalue weighted by atomic mass is 10.2. The van der Waals surface area contributed by atoms with Gasteiger partial charge in [0.2, 0.25) is 16.0 Å². The molecule has 0 unspecified atom stereocenters. The van der Waals surface area contributed by atoms with Crippen LogP contribution in [0.25, 0.3) is 17.1 Å². The molecule has 194 valence electrons. The van der Waals surface area contributed by atoms with Gasteiger partial charge in [0.1, 0.15) is 28.5 Å². The number of halogens is 1. The zero-order valence-corrected chi connectivity index (χ0v) is 21.9. The Kier molecular flexibility index (Phi) is 7.86. The zero-order valence-electron chi connectivity index (χ0n) is 20.4. The number of para-hydroxylation sites is 1. The van der Waals surface area contributed by atoms with Gasteiger partial charge in [0.15, 0.2) is 11.6 Å². The third-order valence-electron chi connectivity index (χ3n) is 5.51. The van der Waals surface area contributed by atoms with Crippen molar-refractivity contribution in [3.8, 4) is 28.6 Å². The Labute approximate surface area is 218 Å². The molecule has 12 nitrogen and oxygen atoms in total. The van der Waals surface area contributed by atoms with Crippen LogP contribution in [0.15, 0.2) is 55.1 Å². The topological polar surface area (TPSA) is 143 Å². The highest BCUT2D eigenvalue weighted by Crippen LogP contribution is 2.38. The van der Waals surface area contributed by atoms with E-state index in [0.29, 0.717) is 33.6 Å². The van der Waals surface area contributed by atoms with Crippen molar-refractivity contribution in [3.63, 3.8) is 0 Å². The summed E-state index contributed by atoms with van der Waals surface area (Å²) in [6.07, 6.45) is 4.94. The number of pyridine rings is 1. The number of rotatable bonds is 10. The molecule has 0 bridgehead atoms. The van der Waals surface area contributed by atoms with Gasteiger partial charge in [0.25, 0.3) is 0 Å². The Morgan fingerprint density at radius 1 is 0.973 bits per heavy atom. The van der Waals surface area contributed by atoms with Crippen molar-refractivity contribution in [1.29, 1.82) is 0 Å². The number of sulfonamides is 1. The summed E-state index contributed by atoms with van der Waals surface area (Å²) in [7, 11) is 0.230. The molecule has 0 aliphatic rings. The van der Waals surface area contributed by atoms with Gasteiger partial charge < -0.3 is 14.2 Å². The SMILES string of the molecule is COc1cccc(OC)c1-n1c(NS(=O)(=O)[C@@H](C)[C@H](OC)c2ncc(Cl)cn2)nnc1-c1cccnc1. The van der Waals surface area contributed by atoms with E-state index in [0.717, 1.165) is 0 Å². The maximum atomic E-state index is 13.6. The highest BCUT2D eigenvalue weighted by Gasteiger charge is 2.35. The number of methoxy groups -OCH3 is 3. The Balaban J connectivity index is 1.83. The molecule has 4 aromatic rings. The second-order valence-corrected chi connectivity index (χ2v) is 10.2. The number of hydrogen-bond donors (Lipinski definition) is 1. The van der Waals surface area contributed by atoms with Crippen LogP contribution in [0.5, 0.6) is 11.5 Å². The molecule has 0 aliphatic carbocycles. The molecular weight excluding hydrogens is 522 g/mol. The Morgan fingerprint density at radius 3 is 2.22 bits per heavy atom. The van der Waals surface area contributed by atoms with E-state index in [1.54, 1.807) is 42.7 Å². The van der Waals surface area contributed by atoms with Crippen LogP contribution in [0, 0.1) is 0 Å². The predicted octanol–water partition coefficient (Wildman–Crippen LogP) is 3.31. The van der Waals surface area contributed by atoms with Gasteiger partial charge in [-0.25, -0.2) is 18.4 Å². The van der Waals surface area contributed by atoms with Gasteiger partial charge in [0, 0.05) is 37.5 Å². The first kappa shape index (κ1) is 26.3. The van der Waals surface area contributed by atoms with Crippen molar-refractivity contribution >= 4 is 27.6 Å². The number of benzene rings is 1. The molecule has 3 heterocycles. The van der Waals surface area contributed by atoms with E-state index >= 15 is 0 Å². The average Bonchev–Trinajstić information content (AvgIpc) is 3.32. The largest absolute Gasteiger partial charge is 0.494 e. The number of nitrogens with zero attached hydrogens (tertiary/aromatic N) is 6. The molecule has 4 rings (SSSR count). The van der Waals surface area contributed by atoms with Gasteiger partial charge >= 0.3 is 0 Å². The van der Waals surface area contributed by atoms with Crippen LogP contribution in [0.3, 0.4) is 0 Å². The van der Waals surface area contributed by atoms with Gasteiger partial charge in [-0.05, 0) is 31.2 Å². The first-order valence-electron chi connectivity index (χ1n) is 10.9. The van der Waals surface area contributed by atoms with Crippen LogP contribution in [0.4, 0.5) is 5.95 Å². The molecule has 0 aliphatic heterocycles. The summed E-state index contributed by atoms with van der Waals surface area (Å²) >= 11 is 5.87. The van der Waals surface area contributed by atoms with Crippen LogP contribution < -0.4 is 14.2 Å². The molecule has 0 saturated heterocycles. The van der Waals surface area contributed by atoms with Crippen LogP contribution in [0.2, 0.25) is 5.02 Å². The lowest BCUT2D eigenvalue weighted by molar-refractivity contribution is 0.0950. The Morgan fingerprint density at radius 2 is 1.65 bits per heavy atom. The quantitative estimate of drug-likeness (QED) is 0.315. The number of nitrogens with one attached hydrogen (secondary N) is 1. The van der Waals surface area contributed by atoms with Crippen molar-refractivity contribution in [3.05, 3.63) is 66.0 Å². The lowest BCUT2D eigenvalue weighted by Gasteiger charge is -2.22. The number of anilines is 1. The highest BCUT2D eigenvalue weighted by molar-refractivity contribution is 7.93. The fraction of sp³-hybridized carbons (Fsp3) is 0.261. The summed E-state index contributed by atoms with van der Waals surface area (Å²) in [5.41, 5.74) is 0.983. The number of hydrogen-bond acceptors (Lipinski definition) is 10. The average molecular weight is 546 g/mol. The monoisotopic (exact) mass is 545 g/mol. The van der Waals surface area contributed by atoms with Gasteiger partial charge in [-0.3, -0.25) is 14.3 Å². The minimum atomic E-state index is -4.13. The van der Waals surface area contributed by atoms with Gasteiger partial charge in [-0.15, -0.1) is 10.2 Å². The van der Waals surface area contributed by atoms with E-state index in [9.17, 15) is 8.42 Å². The molecule has 1 aromatic carbocycles. The Hall–Kier alpha value is -3.81. The summed E-state index contributed by atoms with van der Waals surface area (Å²) in [4.78, 5) is 12.4. The molecule has 37 heavy (non-hydrogen) atoms. The third-order valence-corrected chi connectivity index (χ3v) is 7.39. The van der Waals surface area contributed by atoms with E-state index < -0.39 is 21.4 Å². The first-order chi connectivity index (χ1) is 17.8. The number of aromatic nitrogens is 6. The molecule has 14 heteroatoms. The van der Waals surface area contributed by atoms with Crippen molar-refractivity contribution in [1.82, 2.24) is 29.7 Å². The van der Waals surface area contributed by atoms with Crippen molar-refractivity contribution in [2.45, 2.75) is 18.3 Å². The fourth-order valence-electron chi connectivity index (χ4n) is 3.66. The van der Waals surface area contributed by atoms with Crippen molar-refractivity contribution in [2.24, 2.45) is 0 Å². The van der Waals surface area contributed by atoms with Gasteiger partial charge in [-0.2, -0.15) is 0 Å². The fourth-order valence-corrected chi connectivity index (χ4v) is 4.88. The first-order valence-corrected chi connectivity index (χ1v) is 12.8. The summed E-state index contributed by atoms with van der Waals surface area (Å²) in [5.74, 6) is 1.18. The van der Waals surface area contributed by atoms with E-state index in [1.165, 1.54) is 45.2 Å². The van der Waals surface area contributed by atoms with E-state index in [-0.39, 0.29) is 11.8 Å². The summed E-state index contributed by atoms with van der Waals surface area (Å²) in [5, 5.41) is 7.59. The van der Waals surface area contributed by atoms with Crippen LogP contribution in [0.1, 0.15) is 18.9 Å². The van der Waals surface area contributed by atoms with Crippen molar-refractivity contribution in [2.75, 3.05) is 26.1 Å². The zero-order chi connectivity index (χ0) is 26.6. The molecule has 0 fully saturated rings. The standard InChI is InChI=1S/C23H24ClN7O5S/c1-14(20(36-4)21-26-12-16(24)13-27-21)37(32,33)30-23-29-28-22(15-7-6-10-25-11-15)31(23)19-17(34-2)8-5-9-18(19)35-3/h5-14,20H,1-4H3,(H,29,30)/t14-,20-/m0/s1. The second-order valence-electron chi connectivity index (χ2n) is 7.70. The van der Waals surface area contributed by atoms with Crippen molar-refractivity contribution < 1.29 is 22.6 Å². The molecule has 3 aromatic heterocycles. The summed E-state index contributed by atoms with van der Waals surface area (Å²) in [6.45, 7) is 1.47. The molecule has 0 saturated carbocycles. The van der Waals surface area contributed by atoms with Gasteiger partial charge in [0.05, 0.1) is 19.2 Å². The predicted molar refractivity (Wildman–Crippen MR) is 136 cm³/mol. The molecule has 1 N–H and O–H groups in total. The summed E-state index contributed by atoms with van der Waals surface area (Å²) < 4.78 is 47.7. The van der Waals surface area contributed by atoms with Crippen LogP contribution in [-0.2, 0) is 14.8 Å². The van der Waals surface area contributed by atoms with Crippen LogP contribution >= 0.6 is 11.6 Å². The molecule has 0 spiro atoms. The van der Waals surface area contributed by atoms with E-state index in [2.05, 4.69) is 29.9 Å². The van der Waals surface area contributed by atoms with Crippen LogP contribution in [-0.4, -0.2) is 64.7 Å². The van der Waals surface area contributed by atoms with E-state index in [4.69, 9.17) is 25.8 Å². The molecule has 0 radical (unpaired) electrons. The normalized spacial score (nSPS) is 13.1. The Bertz CT molecular complexity index is 1440. The highest BCUT2D eigenvalue weighted by atomic mass is 35.5. The number of ether oxygens (including phenoxy) is 3. The maximum Gasteiger partial charge on any atom is 0.243 e. The maximum absolute atomic E-state index is 13.6.